The van der Waals surface area contributed by atoms with Crippen molar-refractivity contribution in [2.24, 2.45) is 0 Å². The second-order valence-corrected chi connectivity index (χ2v) is 8.80. The van der Waals surface area contributed by atoms with Crippen LogP contribution in [0.25, 0.3) is 11.0 Å². The highest BCUT2D eigenvalue weighted by atomic mass is 16.1. The van der Waals surface area contributed by atoms with Crippen molar-refractivity contribution >= 4 is 28.3 Å². The molecule has 174 valence electrons. The van der Waals surface area contributed by atoms with Gasteiger partial charge in [-0.2, -0.15) is 0 Å². The molecule has 1 aliphatic rings. The molecule has 2 heterocycles. The van der Waals surface area contributed by atoms with Gasteiger partial charge in [-0.05, 0) is 42.0 Å². The average molecular weight is 454 g/mol. The van der Waals surface area contributed by atoms with E-state index in [0.29, 0.717) is 0 Å². The number of nitrogens with one attached hydrogen (secondary N) is 1. The van der Waals surface area contributed by atoms with Crippen molar-refractivity contribution in [3.8, 4) is 0 Å². The van der Waals surface area contributed by atoms with Gasteiger partial charge in [-0.1, -0.05) is 49.4 Å². The van der Waals surface area contributed by atoms with Gasteiger partial charge < -0.3 is 14.8 Å². The number of hydrogen-bond acceptors (Lipinski definition) is 4. The fourth-order valence-corrected chi connectivity index (χ4v) is 4.68. The van der Waals surface area contributed by atoms with Gasteiger partial charge in [0.2, 0.25) is 5.91 Å². The largest absolute Gasteiger partial charge is 0.369 e. The molecule has 0 atom stereocenters. The van der Waals surface area contributed by atoms with Crippen LogP contribution in [0.5, 0.6) is 0 Å². The summed E-state index contributed by atoms with van der Waals surface area (Å²) in [7, 11) is 0. The first-order valence-electron chi connectivity index (χ1n) is 12.0. The maximum atomic E-state index is 12.8. The summed E-state index contributed by atoms with van der Waals surface area (Å²) in [6.07, 6.45) is 0.787. The molecule has 1 amide bonds. The van der Waals surface area contributed by atoms with E-state index in [4.69, 9.17) is 0 Å². The number of anilines is 2. The van der Waals surface area contributed by atoms with Crippen LogP contribution in [0.1, 0.15) is 18.3 Å². The Hall–Kier alpha value is -3.64. The Kier molecular flexibility index (Phi) is 6.58. The van der Waals surface area contributed by atoms with Gasteiger partial charge in [0.1, 0.15) is 12.4 Å². The third-order valence-electron chi connectivity index (χ3n) is 6.49. The number of carbonyl (C=O) groups excluding carboxylic acids is 1. The van der Waals surface area contributed by atoms with Crippen LogP contribution in [0.2, 0.25) is 0 Å². The molecule has 1 aromatic heterocycles. The molecule has 1 saturated heterocycles. The van der Waals surface area contributed by atoms with E-state index in [1.54, 1.807) is 0 Å². The van der Waals surface area contributed by atoms with Crippen LogP contribution in [0, 0.1) is 0 Å². The van der Waals surface area contributed by atoms with Crippen LogP contribution < -0.4 is 10.2 Å². The molecule has 6 heteroatoms. The van der Waals surface area contributed by atoms with Crippen molar-refractivity contribution < 1.29 is 4.79 Å². The molecule has 0 aliphatic carbocycles. The lowest BCUT2D eigenvalue weighted by Gasteiger charge is -2.36. The van der Waals surface area contributed by atoms with Crippen molar-refractivity contribution in [3.63, 3.8) is 0 Å². The van der Waals surface area contributed by atoms with Crippen LogP contribution in [0.3, 0.4) is 0 Å². The van der Waals surface area contributed by atoms with E-state index >= 15 is 0 Å². The topological polar surface area (TPSA) is 53.4 Å². The van der Waals surface area contributed by atoms with Gasteiger partial charge in [0.05, 0.1) is 11.0 Å². The first-order valence-corrected chi connectivity index (χ1v) is 12.0. The number of para-hydroxylation sites is 2. The van der Waals surface area contributed by atoms with Gasteiger partial charge in [-0.25, -0.2) is 4.98 Å². The fourth-order valence-electron chi connectivity index (χ4n) is 4.68. The Bertz CT molecular complexity index is 1240. The van der Waals surface area contributed by atoms with Crippen LogP contribution in [-0.4, -0.2) is 46.5 Å². The molecule has 5 rings (SSSR count). The molecule has 1 fully saturated rings. The van der Waals surface area contributed by atoms with Crippen molar-refractivity contribution in [1.29, 1.82) is 0 Å². The summed E-state index contributed by atoms with van der Waals surface area (Å²) >= 11 is 0. The van der Waals surface area contributed by atoms with E-state index < -0.39 is 0 Å². The zero-order chi connectivity index (χ0) is 23.3. The second kappa shape index (κ2) is 10.1. The van der Waals surface area contributed by atoms with Gasteiger partial charge in [0.25, 0.3) is 0 Å². The maximum Gasteiger partial charge on any atom is 0.244 e. The number of nitrogens with zero attached hydrogens (tertiary/aromatic N) is 4. The SMILES string of the molecule is CCc1nc2ccccc2n1CC(=O)Nc1ccc(N2CCN(Cc3ccccc3)CC2)cc1. The molecule has 1 aliphatic heterocycles. The summed E-state index contributed by atoms with van der Waals surface area (Å²) in [5.41, 5.74) is 5.31. The summed E-state index contributed by atoms with van der Waals surface area (Å²) in [6.45, 7) is 7.44. The summed E-state index contributed by atoms with van der Waals surface area (Å²) in [4.78, 5) is 22.4. The van der Waals surface area contributed by atoms with Gasteiger partial charge in [0, 0.05) is 50.5 Å². The van der Waals surface area contributed by atoms with E-state index in [-0.39, 0.29) is 12.5 Å². The minimum Gasteiger partial charge on any atom is -0.369 e. The third-order valence-corrected chi connectivity index (χ3v) is 6.49. The van der Waals surface area contributed by atoms with Crippen LogP contribution >= 0.6 is 0 Å². The Morgan fingerprint density at radius 2 is 1.59 bits per heavy atom. The number of aromatic nitrogens is 2. The normalized spacial score (nSPS) is 14.4. The molecule has 3 aromatic carbocycles. The standard InChI is InChI=1S/C28H31N5O/c1-2-27-30-25-10-6-7-11-26(25)33(27)21-28(34)29-23-12-14-24(15-13-23)32-18-16-31(17-19-32)20-22-8-4-3-5-9-22/h3-15H,2,16-21H2,1H3,(H,29,34). The number of carbonyl (C=O) groups is 1. The molecule has 34 heavy (non-hydrogen) atoms. The first kappa shape index (κ1) is 22.2. The van der Waals surface area contributed by atoms with Crippen molar-refractivity contribution in [3.05, 3.63) is 90.3 Å². The van der Waals surface area contributed by atoms with Gasteiger partial charge in [-0.15, -0.1) is 0 Å². The Labute approximate surface area is 200 Å². The highest BCUT2D eigenvalue weighted by Crippen LogP contribution is 2.21. The zero-order valence-electron chi connectivity index (χ0n) is 19.7. The van der Waals surface area contributed by atoms with E-state index in [1.807, 2.05) is 41.0 Å². The lowest BCUT2D eigenvalue weighted by atomic mass is 10.2. The van der Waals surface area contributed by atoms with Crippen LogP contribution in [0.4, 0.5) is 11.4 Å². The molecular weight excluding hydrogens is 422 g/mol. The minimum absolute atomic E-state index is 0.0415. The summed E-state index contributed by atoms with van der Waals surface area (Å²) in [5, 5.41) is 3.05. The lowest BCUT2D eigenvalue weighted by Crippen LogP contribution is -2.45. The number of rotatable bonds is 7. The third kappa shape index (κ3) is 4.97. The highest BCUT2D eigenvalue weighted by molar-refractivity contribution is 5.92. The Morgan fingerprint density at radius 1 is 0.882 bits per heavy atom. The van der Waals surface area contributed by atoms with Crippen LogP contribution in [-0.2, 0) is 24.3 Å². The molecule has 0 unspecified atom stereocenters. The van der Waals surface area contributed by atoms with Gasteiger partial charge in [-0.3, -0.25) is 9.69 Å². The van der Waals surface area contributed by atoms with E-state index in [0.717, 1.165) is 61.7 Å². The maximum absolute atomic E-state index is 12.8. The molecule has 0 radical (unpaired) electrons. The number of fused-ring (bicyclic) bond motifs is 1. The number of piperazine rings is 1. The van der Waals surface area contributed by atoms with E-state index in [9.17, 15) is 4.79 Å². The summed E-state index contributed by atoms with van der Waals surface area (Å²) < 4.78 is 2.01. The number of imidazole rings is 1. The smallest absolute Gasteiger partial charge is 0.244 e. The minimum atomic E-state index is -0.0415. The average Bonchev–Trinajstić information content (AvgIpc) is 3.23. The predicted octanol–water partition coefficient (Wildman–Crippen LogP) is 4.56. The predicted molar refractivity (Wildman–Crippen MR) is 138 cm³/mol. The molecule has 1 N–H and O–H groups in total. The Balaban J connectivity index is 1.16. The van der Waals surface area contributed by atoms with Crippen LogP contribution in [0.15, 0.2) is 78.9 Å². The molecular formula is C28H31N5O. The number of hydrogen-bond donors (Lipinski definition) is 1. The first-order chi connectivity index (χ1) is 16.7. The van der Waals surface area contributed by atoms with E-state index in [2.05, 4.69) is 69.5 Å². The van der Waals surface area contributed by atoms with Crippen molar-refractivity contribution in [1.82, 2.24) is 14.5 Å². The number of aryl methyl sites for hydroxylation is 1. The number of benzene rings is 3. The van der Waals surface area contributed by atoms with Gasteiger partial charge >= 0.3 is 0 Å². The van der Waals surface area contributed by atoms with Crippen molar-refractivity contribution in [2.45, 2.75) is 26.4 Å². The molecule has 0 bridgehead atoms. The molecule has 0 spiro atoms. The quantitative estimate of drug-likeness (QED) is 0.446. The highest BCUT2D eigenvalue weighted by Gasteiger charge is 2.18. The van der Waals surface area contributed by atoms with E-state index in [1.165, 1.54) is 11.3 Å². The summed E-state index contributed by atoms with van der Waals surface area (Å²) in [5.74, 6) is 0.887. The Morgan fingerprint density at radius 3 is 2.32 bits per heavy atom. The number of amides is 1. The lowest BCUT2D eigenvalue weighted by molar-refractivity contribution is -0.116. The molecule has 0 saturated carbocycles. The van der Waals surface area contributed by atoms with Gasteiger partial charge in [0.15, 0.2) is 0 Å². The molecule has 4 aromatic rings. The monoisotopic (exact) mass is 453 g/mol. The second-order valence-electron chi connectivity index (χ2n) is 8.80. The summed E-state index contributed by atoms with van der Waals surface area (Å²) in [6, 6.07) is 26.8. The fraction of sp³-hybridized carbons (Fsp3) is 0.286. The van der Waals surface area contributed by atoms with Crippen molar-refractivity contribution in [2.75, 3.05) is 36.4 Å². The molecule has 6 nitrogen and oxygen atoms in total. The zero-order valence-corrected chi connectivity index (χ0v) is 19.7.